The first kappa shape index (κ1) is 15.8. The maximum atomic E-state index is 10.8. The topological polar surface area (TPSA) is 149 Å². The van der Waals surface area contributed by atoms with E-state index in [0.717, 1.165) is 0 Å². The maximum absolute atomic E-state index is 10.8. The van der Waals surface area contributed by atoms with Crippen LogP contribution in [0, 0.1) is 11.8 Å². The lowest BCUT2D eigenvalue weighted by molar-refractivity contribution is 0.0763. The maximum Gasteiger partial charge on any atom is 0.292 e. The van der Waals surface area contributed by atoms with Crippen molar-refractivity contribution < 1.29 is 36.2 Å². The van der Waals surface area contributed by atoms with Crippen molar-refractivity contribution in [3.05, 3.63) is 0 Å². The normalized spacial score (nSPS) is 29.8. The van der Waals surface area contributed by atoms with Gasteiger partial charge in [-0.2, -0.15) is 16.8 Å². The SMILES string of the molecule is O=S(=O)(O)C(O)C1CCCC(C(O)S(=O)(=O)O)C1. The summed E-state index contributed by atoms with van der Waals surface area (Å²) in [5.74, 6) is -1.73. The Morgan fingerprint density at radius 3 is 1.44 bits per heavy atom. The largest absolute Gasteiger partial charge is 0.375 e. The number of hydrogen-bond acceptors (Lipinski definition) is 6. The van der Waals surface area contributed by atoms with Crippen molar-refractivity contribution in [1.29, 1.82) is 0 Å². The van der Waals surface area contributed by atoms with E-state index in [1.807, 2.05) is 0 Å². The molecule has 1 aliphatic rings. The monoisotopic (exact) mass is 304 g/mol. The Balaban J connectivity index is 2.79. The Labute approximate surface area is 105 Å². The molecule has 1 rings (SSSR count). The van der Waals surface area contributed by atoms with Gasteiger partial charge in [-0.25, -0.2) is 0 Å². The summed E-state index contributed by atoms with van der Waals surface area (Å²) in [4.78, 5) is 0. The van der Waals surface area contributed by atoms with Gasteiger partial charge in [-0.15, -0.1) is 0 Å². The number of rotatable bonds is 4. The third kappa shape index (κ3) is 3.87. The van der Waals surface area contributed by atoms with Gasteiger partial charge < -0.3 is 10.2 Å². The molecule has 0 aromatic rings. The molecule has 1 saturated carbocycles. The molecule has 1 aliphatic carbocycles. The molecule has 0 bridgehead atoms. The average molecular weight is 304 g/mol. The summed E-state index contributed by atoms with van der Waals surface area (Å²) in [6.07, 6.45) is 0.849. The van der Waals surface area contributed by atoms with Crippen molar-refractivity contribution >= 4 is 20.2 Å². The molecule has 0 heterocycles. The fraction of sp³-hybridized carbons (Fsp3) is 1.00. The first-order chi connectivity index (χ1) is 8.03. The summed E-state index contributed by atoms with van der Waals surface area (Å²) in [5, 5.41) is 18.8. The molecule has 18 heavy (non-hydrogen) atoms. The highest BCUT2D eigenvalue weighted by molar-refractivity contribution is 7.86. The van der Waals surface area contributed by atoms with Crippen LogP contribution in [-0.2, 0) is 20.2 Å². The van der Waals surface area contributed by atoms with Crippen LogP contribution in [-0.4, -0.2) is 47.0 Å². The molecule has 1 fully saturated rings. The molecule has 4 unspecified atom stereocenters. The third-order valence-electron chi connectivity index (χ3n) is 3.17. The molecule has 0 radical (unpaired) electrons. The Kier molecular flexibility index (Phi) is 4.73. The Morgan fingerprint density at radius 1 is 0.833 bits per heavy atom. The number of aliphatic hydroxyl groups excluding tert-OH is 2. The molecule has 0 amide bonds. The van der Waals surface area contributed by atoms with Crippen molar-refractivity contribution in [3.63, 3.8) is 0 Å². The molecular formula is C8H16O8S2. The van der Waals surface area contributed by atoms with E-state index in [1.165, 1.54) is 0 Å². The second-order valence-corrected chi connectivity index (χ2v) is 7.52. The van der Waals surface area contributed by atoms with Crippen LogP contribution < -0.4 is 0 Å². The zero-order valence-corrected chi connectivity index (χ0v) is 11.0. The molecule has 4 N–H and O–H groups in total. The van der Waals surface area contributed by atoms with E-state index >= 15 is 0 Å². The highest BCUT2D eigenvalue weighted by Gasteiger charge is 2.39. The van der Waals surface area contributed by atoms with Gasteiger partial charge >= 0.3 is 0 Å². The minimum absolute atomic E-state index is 0.109. The Bertz CT molecular complexity index is 437. The van der Waals surface area contributed by atoms with E-state index in [-0.39, 0.29) is 19.3 Å². The standard InChI is InChI=1S/C8H16O8S2/c9-7(17(11,12)13)5-2-1-3-6(4-5)8(10)18(14,15)16/h5-10H,1-4H2,(H,11,12,13)(H,14,15,16). The fourth-order valence-electron chi connectivity index (χ4n) is 2.27. The van der Waals surface area contributed by atoms with Gasteiger partial charge in [-0.05, 0) is 19.3 Å². The predicted octanol–water partition coefficient (Wildman–Crippen LogP) is -0.795. The summed E-state index contributed by atoms with van der Waals surface area (Å²) < 4.78 is 60.5. The molecule has 0 saturated heterocycles. The molecule has 108 valence electrons. The van der Waals surface area contributed by atoms with Crippen molar-refractivity contribution in [2.75, 3.05) is 0 Å². The Morgan fingerprint density at radius 2 is 1.17 bits per heavy atom. The highest BCUT2D eigenvalue weighted by Crippen LogP contribution is 2.35. The molecule has 0 aliphatic heterocycles. The molecule has 0 aromatic carbocycles. The third-order valence-corrected chi connectivity index (χ3v) is 5.16. The number of hydrogen-bond donors (Lipinski definition) is 4. The molecule has 0 aromatic heterocycles. The molecule has 8 nitrogen and oxygen atoms in total. The quantitative estimate of drug-likeness (QED) is 0.493. The minimum Gasteiger partial charge on any atom is -0.375 e. The Hall–Kier alpha value is -0.260. The molecular weight excluding hydrogens is 288 g/mol. The summed E-state index contributed by atoms with van der Waals surface area (Å²) >= 11 is 0. The van der Waals surface area contributed by atoms with Crippen molar-refractivity contribution in [2.45, 2.75) is 36.6 Å². The summed E-state index contributed by atoms with van der Waals surface area (Å²) in [7, 11) is -9.25. The van der Waals surface area contributed by atoms with Gasteiger partial charge in [0.2, 0.25) is 0 Å². The van der Waals surface area contributed by atoms with E-state index in [4.69, 9.17) is 9.11 Å². The lowest BCUT2D eigenvalue weighted by atomic mass is 9.82. The first-order valence-corrected chi connectivity index (χ1v) is 8.33. The van der Waals surface area contributed by atoms with E-state index < -0.39 is 42.9 Å². The zero-order chi connectivity index (χ0) is 14.1. The molecule has 10 heteroatoms. The van der Waals surface area contributed by atoms with Gasteiger partial charge in [0.1, 0.15) is 0 Å². The van der Waals surface area contributed by atoms with Gasteiger partial charge in [0.15, 0.2) is 10.9 Å². The minimum atomic E-state index is -4.63. The van der Waals surface area contributed by atoms with Crippen molar-refractivity contribution in [1.82, 2.24) is 0 Å². The van der Waals surface area contributed by atoms with Crippen LogP contribution in [0.2, 0.25) is 0 Å². The van der Waals surface area contributed by atoms with E-state index in [2.05, 4.69) is 0 Å². The lowest BCUT2D eigenvalue weighted by Gasteiger charge is -2.32. The first-order valence-electron chi connectivity index (χ1n) is 5.32. The molecule has 0 spiro atoms. The summed E-state index contributed by atoms with van der Waals surface area (Å²) in [6, 6.07) is 0. The van der Waals surface area contributed by atoms with Crippen LogP contribution in [0.15, 0.2) is 0 Å². The van der Waals surface area contributed by atoms with Crippen molar-refractivity contribution in [3.8, 4) is 0 Å². The van der Waals surface area contributed by atoms with Gasteiger partial charge in [0, 0.05) is 11.8 Å². The van der Waals surface area contributed by atoms with Gasteiger partial charge in [-0.3, -0.25) is 9.11 Å². The second kappa shape index (κ2) is 5.39. The van der Waals surface area contributed by atoms with Crippen LogP contribution in [0.3, 0.4) is 0 Å². The summed E-state index contributed by atoms with van der Waals surface area (Å²) in [6.45, 7) is 0. The van der Waals surface area contributed by atoms with E-state index in [1.54, 1.807) is 0 Å². The van der Waals surface area contributed by atoms with Crippen LogP contribution >= 0.6 is 0 Å². The van der Waals surface area contributed by atoms with Gasteiger partial charge in [0.05, 0.1) is 0 Å². The predicted molar refractivity (Wildman–Crippen MR) is 60.6 cm³/mol. The number of aliphatic hydroxyl groups is 2. The van der Waals surface area contributed by atoms with Crippen LogP contribution in [0.25, 0.3) is 0 Å². The highest BCUT2D eigenvalue weighted by atomic mass is 32.2. The summed E-state index contributed by atoms with van der Waals surface area (Å²) in [5.41, 5.74) is -4.01. The van der Waals surface area contributed by atoms with E-state index in [0.29, 0.717) is 6.42 Å². The average Bonchev–Trinajstić information content (AvgIpc) is 2.24. The second-order valence-electron chi connectivity index (χ2n) is 4.50. The fourth-order valence-corrected chi connectivity index (χ4v) is 3.74. The van der Waals surface area contributed by atoms with Crippen LogP contribution in [0.4, 0.5) is 0 Å². The molecule has 4 atom stereocenters. The van der Waals surface area contributed by atoms with Gasteiger partial charge in [-0.1, -0.05) is 6.42 Å². The van der Waals surface area contributed by atoms with Crippen LogP contribution in [0.5, 0.6) is 0 Å². The van der Waals surface area contributed by atoms with Gasteiger partial charge in [0.25, 0.3) is 20.2 Å². The van der Waals surface area contributed by atoms with Crippen molar-refractivity contribution in [2.24, 2.45) is 11.8 Å². The zero-order valence-electron chi connectivity index (χ0n) is 9.38. The van der Waals surface area contributed by atoms with Crippen LogP contribution in [0.1, 0.15) is 25.7 Å². The lowest BCUT2D eigenvalue weighted by Crippen LogP contribution is -2.38. The van der Waals surface area contributed by atoms with E-state index in [9.17, 15) is 27.0 Å². The smallest absolute Gasteiger partial charge is 0.292 e.